The van der Waals surface area contributed by atoms with Crippen molar-refractivity contribution in [2.75, 3.05) is 11.9 Å². The van der Waals surface area contributed by atoms with Gasteiger partial charge in [-0.15, -0.1) is 0 Å². The lowest BCUT2D eigenvalue weighted by molar-refractivity contribution is -0.118. The molecule has 2 aromatic carbocycles. The van der Waals surface area contributed by atoms with Crippen molar-refractivity contribution in [3.05, 3.63) is 59.2 Å². The zero-order chi connectivity index (χ0) is 18.6. The van der Waals surface area contributed by atoms with E-state index < -0.39 is 0 Å². The second-order valence-corrected chi connectivity index (χ2v) is 7.78. The lowest BCUT2D eigenvalue weighted by Gasteiger charge is -2.22. The van der Waals surface area contributed by atoms with E-state index in [0.717, 1.165) is 28.1 Å². The highest BCUT2D eigenvalue weighted by molar-refractivity contribution is 5.93. The lowest BCUT2D eigenvalue weighted by atomic mass is 9.86. The fraction of sp³-hybridized carbons (Fsp3) is 0.409. The first kappa shape index (κ1) is 19.0. The number of aryl methyl sites for hydroxylation is 1. The van der Waals surface area contributed by atoms with E-state index in [4.69, 9.17) is 4.74 Å². The first-order valence-corrected chi connectivity index (χ1v) is 8.82. The minimum Gasteiger partial charge on any atom is -0.483 e. The predicted octanol–water partition coefficient (Wildman–Crippen LogP) is 5.43. The summed E-state index contributed by atoms with van der Waals surface area (Å²) in [5, 5.41) is 3.02. The van der Waals surface area contributed by atoms with Crippen molar-refractivity contribution in [1.82, 2.24) is 0 Å². The number of rotatable bonds is 5. The molecule has 0 aromatic heterocycles. The molecule has 3 nitrogen and oxygen atoms in total. The van der Waals surface area contributed by atoms with Crippen LogP contribution in [0, 0.1) is 6.92 Å². The molecule has 25 heavy (non-hydrogen) atoms. The molecule has 0 aliphatic heterocycles. The van der Waals surface area contributed by atoms with Crippen molar-refractivity contribution in [3.8, 4) is 5.75 Å². The van der Waals surface area contributed by atoms with Gasteiger partial charge in [0.15, 0.2) is 6.61 Å². The van der Waals surface area contributed by atoms with E-state index in [2.05, 4.69) is 46.0 Å². The SMILES string of the molecule is Cc1cccc(C(C)C)c1NC(=O)COc1ccccc1C(C)(C)C. The van der Waals surface area contributed by atoms with Crippen LogP contribution in [0.5, 0.6) is 5.75 Å². The molecule has 1 amide bonds. The number of ether oxygens (including phenoxy) is 1. The summed E-state index contributed by atoms with van der Waals surface area (Å²) in [7, 11) is 0. The number of benzene rings is 2. The van der Waals surface area contributed by atoms with Crippen LogP contribution in [0.15, 0.2) is 42.5 Å². The average molecular weight is 339 g/mol. The number of carbonyl (C=O) groups excluding carboxylic acids is 1. The second-order valence-electron chi connectivity index (χ2n) is 7.78. The molecule has 0 radical (unpaired) electrons. The molecule has 2 rings (SSSR count). The predicted molar refractivity (Wildman–Crippen MR) is 105 cm³/mol. The van der Waals surface area contributed by atoms with Gasteiger partial charge in [0.2, 0.25) is 0 Å². The molecule has 1 N–H and O–H groups in total. The molecule has 0 heterocycles. The van der Waals surface area contributed by atoms with Crippen molar-refractivity contribution in [2.24, 2.45) is 0 Å². The Morgan fingerprint density at radius 1 is 1.08 bits per heavy atom. The van der Waals surface area contributed by atoms with Crippen LogP contribution in [0.3, 0.4) is 0 Å². The quantitative estimate of drug-likeness (QED) is 0.788. The van der Waals surface area contributed by atoms with Crippen molar-refractivity contribution in [1.29, 1.82) is 0 Å². The summed E-state index contributed by atoms with van der Waals surface area (Å²) in [4.78, 5) is 12.4. The van der Waals surface area contributed by atoms with E-state index >= 15 is 0 Å². The molecule has 3 heteroatoms. The maximum Gasteiger partial charge on any atom is 0.262 e. The number of carbonyl (C=O) groups is 1. The largest absolute Gasteiger partial charge is 0.483 e. The third-order valence-electron chi connectivity index (χ3n) is 4.25. The van der Waals surface area contributed by atoms with Crippen LogP contribution in [0.1, 0.15) is 57.2 Å². The molecule has 2 aromatic rings. The Morgan fingerprint density at radius 3 is 2.40 bits per heavy atom. The maximum absolute atomic E-state index is 12.4. The summed E-state index contributed by atoms with van der Waals surface area (Å²) >= 11 is 0. The lowest BCUT2D eigenvalue weighted by Crippen LogP contribution is -2.23. The van der Waals surface area contributed by atoms with Gasteiger partial charge >= 0.3 is 0 Å². The monoisotopic (exact) mass is 339 g/mol. The third-order valence-corrected chi connectivity index (χ3v) is 4.25. The summed E-state index contributed by atoms with van der Waals surface area (Å²) in [6, 6.07) is 14.0. The molecule has 0 aliphatic carbocycles. The molecule has 0 bridgehead atoms. The van der Waals surface area contributed by atoms with Gasteiger partial charge in [0, 0.05) is 5.69 Å². The molecule has 0 aliphatic rings. The summed E-state index contributed by atoms with van der Waals surface area (Å²) < 4.78 is 5.83. The van der Waals surface area contributed by atoms with Crippen LogP contribution in [0.25, 0.3) is 0 Å². The summed E-state index contributed by atoms with van der Waals surface area (Å²) in [5.41, 5.74) is 4.17. The molecular weight excluding hydrogens is 310 g/mol. The average Bonchev–Trinajstić information content (AvgIpc) is 2.54. The Hall–Kier alpha value is -2.29. The zero-order valence-electron chi connectivity index (χ0n) is 16.1. The molecule has 0 atom stereocenters. The summed E-state index contributed by atoms with van der Waals surface area (Å²) in [6.07, 6.45) is 0. The second kappa shape index (κ2) is 7.73. The van der Waals surface area contributed by atoms with Gasteiger partial charge in [0.1, 0.15) is 5.75 Å². The van der Waals surface area contributed by atoms with Crippen LogP contribution in [0.4, 0.5) is 5.69 Å². The smallest absolute Gasteiger partial charge is 0.262 e. The highest BCUT2D eigenvalue weighted by atomic mass is 16.5. The van der Waals surface area contributed by atoms with Crippen molar-refractivity contribution in [3.63, 3.8) is 0 Å². The molecule has 0 saturated carbocycles. The minimum absolute atomic E-state index is 0.00103. The molecule has 0 saturated heterocycles. The Bertz CT molecular complexity index is 742. The normalized spacial score (nSPS) is 11.5. The standard InChI is InChI=1S/C22H29NO2/c1-15(2)17-11-9-10-16(3)21(17)23-20(24)14-25-19-13-8-7-12-18(19)22(4,5)6/h7-13,15H,14H2,1-6H3,(H,23,24). The summed E-state index contributed by atoms with van der Waals surface area (Å²) in [6.45, 7) is 12.7. The maximum atomic E-state index is 12.4. The number of hydrogen-bond donors (Lipinski definition) is 1. The topological polar surface area (TPSA) is 38.3 Å². The van der Waals surface area contributed by atoms with E-state index in [0.29, 0.717) is 5.92 Å². The van der Waals surface area contributed by atoms with E-state index in [9.17, 15) is 4.79 Å². The fourth-order valence-electron chi connectivity index (χ4n) is 2.87. The van der Waals surface area contributed by atoms with Crippen LogP contribution in [-0.2, 0) is 10.2 Å². The molecule has 0 fully saturated rings. The Morgan fingerprint density at radius 2 is 1.76 bits per heavy atom. The van der Waals surface area contributed by atoms with Crippen LogP contribution < -0.4 is 10.1 Å². The number of amides is 1. The van der Waals surface area contributed by atoms with Crippen LogP contribution >= 0.6 is 0 Å². The van der Waals surface area contributed by atoms with Gasteiger partial charge in [0.25, 0.3) is 5.91 Å². The minimum atomic E-state index is -0.139. The van der Waals surface area contributed by atoms with Crippen LogP contribution in [0.2, 0.25) is 0 Å². The Balaban J connectivity index is 2.11. The fourth-order valence-corrected chi connectivity index (χ4v) is 2.87. The third kappa shape index (κ3) is 4.85. The zero-order valence-corrected chi connectivity index (χ0v) is 16.1. The molecule has 0 unspecified atom stereocenters. The number of anilines is 1. The Kier molecular flexibility index (Phi) is 5.89. The van der Waals surface area contributed by atoms with E-state index in [1.165, 1.54) is 0 Å². The van der Waals surface area contributed by atoms with Crippen LogP contribution in [-0.4, -0.2) is 12.5 Å². The number of hydrogen-bond acceptors (Lipinski definition) is 2. The van der Waals surface area contributed by atoms with E-state index in [-0.39, 0.29) is 17.9 Å². The summed E-state index contributed by atoms with van der Waals surface area (Å²) in [5.74, 6) is 0.969. The highest BCUT2D eigenvalue weighted by Gasteiger charge is 2.19. The molecular formula is C22H29NO2. The van der Waals surface area contributed by atoms with Gasteiger partial charge < -0.3 is 10.1 Å². The van der Waals surface area contributed by atoms with E-state index in [1.807, 2.05) is 43.3 Å². The van der Waals surface area contributed by atoms with Gasteiger partial charge in [-0.2, -0.15) is 0 Å². The highest BCUT2D eigenvalue weighted by Crippen LogP contribution is 2.31. The van der Waals surface area contributed by atoms with E-state index in [1.54, 1.807) is 0 Å². The van der Waals surface area contributed by atoms with Crippen molar-refractivity contribution < 1.29 is 9.53 Å². The first-order chi connectivity index (χ1) is 11.7. The van der Waals surface area contributed by atoms with Gasteiger partial charge in [-0.3, -0.25) is 4.79 Å². The molecule has 0 spiro atoms. The van der Waals surface area contributed by atoms with Gasteiger partial charge in [-0.1, -0.05) is 71.0 Å². The van der Waals surface area contributed by atoms with Gasteiger partial charge in [0.05, 0.1) is 0 Å². The van der Waals surface area contributed by atoms with Gasteiger partial charge in [-0.25, -0.2) is 0 Å². The van der Waals surface area contributed by atoms with Gasteiger partial charge in [-0.05, 0) is 41.0 Å². The van der Waals surface area contributed by atoms with Crippen molar-refractivity contribution in [2.45, 2.75) is 52.9 Å². The Labute approximate surface area is 151 Å². The first-order valence-electron chi connectivity index (χ1n) is 8.82. The number of nitrogens with one attached hydrogen (secondary N) is 1. The van der Waals surface area contributed by atoms with Crippen molar-refractivity contribution >= 4 is 11.6 Å². The number of para-hydroxylation sites is 2. The molecule has 134 valence electrons.